The highest BCUT2D eigenvalue weighted by Crippen LogP contribution is 2.34. The lowest BCUT2D eigenvalue weighted by Crippen LogP contribution is -2.06. The Hall–Kier alpha value is -1.83. The van der Waals surface area contributed by atoms with Crippen molar-refractivity contribution in [1.29, 1.82) is 0 Å². The Bertz CT molecular complexity index is 771. The molecule has 0 radical (unpaired) electrons. The van der Waals surface area contributed by atoms with Gasteiger partial charge in [0, 0.05) is 12.1 Å². The SMILES string of the molecule is COc1cc(OC)c(C[S+]=S(=O)([O-])Cc2ccccc2)c(OC)c1. The van der Waals surface area contributed by atoms with E-state index in [2.05, 4.69) is 0 Å². The van der Waals surface area contributed by atoms with Gasteiger partial charge in [-0.2, -0.15) is 0 Å². The first-order chi connectivity index (χ1) is 11.5. The van der Waals surface area contributed by atoms with E-state index in [1.165, 1.54) is 14.2 Å². The molecule has 0 saturated heterocycles. The zero-order valence-electron chi connectivity index (χ0n) is 13.8. The molecule has 5 nitrogen and oxygen atoms in total. The van der Waals surface area contributed by atoms with Gasteiger partial charge in [-0.1, -0.05) is 30.3 Å². The van der Waals surface area contributed by atoms with E-state index in [0.29, 0.717) is 22.8 Å². The molecule has 0 N–H and O–H groups in total. The van der Waals surface area contributed by atoms with Crippen molar-refractivity contribution in [2.75, 3.05) is 21.3 Å². The standard InChI is InChI=1S/C17H20O5S2/c1-20-14-9-16(21-2)15(17(10-14)22-3)11-23-24(18,19)12-13-7-5-4-6-8-13/h4-10H,11-12H2,1-3H3. The number of hydrogen-bond donors (Lipinski definition) is 0. The van der Waals surface area contributed by atoms with Gasteiger partial charge in [0.05, 0.1) is 32.6 Å². The average Bonchev–Trinajstić information content (AvgIpc) is 2.59. The van der Waals surface area contributed by atoms with Crippen molar-refractivity contribution in [1.82, 2.24) is 0 Å². The van der Waals surface area contributed by atoms with Crippen LogP contribution in [0.2, 0.25) is 0 Å². The summed E-state index contributed by atoms with van der Waals surface area (Å²) >= 11 is 0. The molecular formula is C17H20O5S2. The maximum absolute atomic E-state index is 12.4. The molecule has 7 heteroatoms. The Balaban J connectivity index is 2.31. The van der Waals surface area contributed by atoms with Crippen molar-refractivity contribution in [2.45, 2.75) is 11.5 Å². The highest BCUT2D eigenvalue weighted by atomic mass is 32.9. The first-order valence-electron chi connectivity index (χ1n) is 7.19. The molecule has 0 amide bonds. The molecule has 0 bridgehead atoms. The molecular weight excluding hydrogens is 348 g/mol. The second-order valence-corrected chi connectivity index (χ2v) is 9.12. The molecule has 0 fully saturated rings. The third kappa shape index (κ3) is 4.83. The maximum Gasteiger partial charge on any atom is 0.229 e. The van der Waals surface area contributed by atoms with Gasteiger partial charge in [0.1, 0.15) is 26.0 Å². The van der Waals surface area contributed by atoms with E-state index in [1.54, 1.807) is 31.4 Å². The highest BCUT2D eigenvalue weighted by Gasteiger charge is 2.19. The van der Waals surface area contributed by atoms with Crippen molar-refractivity contribution in [2.24, 2.45) is 0 Å². The van der Waals surface area contributed by atoms with E-state index < -0.39 is 8.77 Å². The molecule has 0 saturated carbocycles. The number of ether oxygens (including phenoxy) is 3. The van der Waals surface area contributed by atoms with Crippen LogP contribution >= 0.6 is 0 Å². The monoisotopic (exact) mass is 368 g/mol. The van der Waals surface area contributed by atoms with Gasteiger partial charge in [0.25, 0.3) is 0 Å². The predicted molar refractivity (Wildman–Crippen MR) is 96.2 cm³/mol. The van der Waals surface area contributed by atoms with Crippen molar-refractivity contribution in [3.63, 3.8) is 0 Å². The third-order valence-electron chi connectivity index (χ3n) is 3.39. The Morgan fingerprint density at radius 3 is 2.08 bits per heavy atom. The van der Waals surface area contributed by atoms with E-state index in [-0.39, 0.29) is 11.5 Å². The molecule has 0 spiro atoms. The lowest BCUT2D eigenvalue weighted by Gasteiger charge is -2.12. The van der Waals surface area contributed by atoms with Crippen LogP contribution in [0.4, 0.5) is 0 Å². The molecule has 1 unspecified atom stereocenters. The number of hydrogen-bond acceptors (Lipinski definition) is 5. The third-order valence-corrected chi connectivity index (χ3v) is 6.62. The van der Waals surface area contributed by atoms with Gasteiger partial charge in [0.15, 0.2) is 0 Å². The first-order valence-corrected chi connectivity index (χ1v) is 10.3. The first kappa shape index (κ1) is 18.5. The maximum atomic E-state index is 12.4. The molecule has 2 aromatic rings. The molecule has 24 heavy (non-hydrogen) atoms. The minimum Gasteiger partial charge on any atom is -0.735 e. The van der Waals surface area contributed by atoms with Crippen LogP contribution in [0.15, 0.2) is 42.5 Å². The van der Waals surface area contributed by atoms with Gasteiger partial charge in [-0.05, 0) is 5.56 Å². The van der Waals surface area contributed by atoms with Crippen LogP contribution < -0.4 is 14.2 Å². The molecule has 0 heterocycles. The summed E-state index contributed by atoms with van der Waals surface area (Å²) in [7, 11) is 2.15. The topological polar surface area (TPSA) is 67.8 Å². The second kappa shape index (κ2) is 8.32. The zero-order chi connectivity index (χ0) is 17.6. The van der Waals surface area contributed by atoms with Crippen molar-refractivity contribution < 1.29 is 23.0 Å². The van der Waals surface area contributed by atoms with Crippen LogP contribution in [-0.2, 0) is 30.6 Å². The van der Waals surface area contributed by atoms with Gasteiger partial charge in [-0.25, -0.2) is 4.21 Å². The van der Waals surface area contributed by atoms with Gasteiger partial charge < -0.3 is 18.8 Å². The van der Waals surface area contributed by atoms with Crippen molar-refractivity contribution in [3.8, 4) is 17.2 Å². The average molecular weight is 368 g/mol. The van der Waals surface area contributed by atoms with Crippen molar-refractivity contribution in [3.05, 3.63) is 53.6 Å². The Morgan fingerprint density at radius 2 is 1.58 bits per heavy atom. The Kier molecular flexibility index (Phi) is 6.42. The Morgan fingerprint density at radius 1 is 1.00 bits per heavy atom. The van der Waals surface area contributed by atoms with Crippen LogP contribution in [0, 0.1) is 0 Å². The summed E-state index contributed by atoms with van der Waals surface area (Å²) in [5.74, 6) is 1.87. The molecule has 0 aromatic heterocycles. The van der Waals surface area contributed by atoms with Crippen LogP contribution in [-0.4, -0.2) is 30.1 Å². The largest absolute Gasteiger partial charge is 0.735 e. The lowest BCUT2D eigenvalue weighted by molar-refractivity contribution is 0.371. The highest BCUT2D eigenvalue weighted by molar-refractivity contribution is 8.36. The van der Waals surface area contributed by atoms with Gasteiger partial charge in [-0.15, -0.1) is 0 Å². The van der Waals surface area contributed by atoms with Gasteiger partial charge in [-0.3, -0.25) is 0 Å². The van der Waals surface area contributed by atoms with Crippen LogP contribution in [0.5, 0.6) is 17.2 Å². The smallest absolute Gasteiger partial charge is 0.229 e. The van der Waals surface area contributed by atoms with Crippen molar-refractivity contribution >= 4 is 19.1 Å². The summed E-state index contributed by atoms with van der Waals surface area (Å²) < 4.78 is 40.6. The summed E-state index contributed by atoms with van der Waals surface area (Å²) in [5, 5.41) is 0. The van der Waals surface area contributed by atoms with E-state index in [0.717, 1.165) is 15.9 Å². The molecule has 0 aliphatic rings. The number of benzene rings is 2. The van der Waals surface area contributed by atoms with E-state index in [9.17, 15) is 8.76 Å². The number of methoxy groups -OCH3 is 3. The molecule has 0 aliphatic heterocycles. The fourth-order valence-corrected chi connectivity index (χ4v) is 5.01. The van der Waals surface area contributed by atoms with Crippen LogP contribution in [0.3, 0.4) is 0 Å². The van der Waals surface area contributed by atoms with Gasteiger partial charge >= 0.3 is 0 Å². The Labute approximate surface area is 146 Å². The fourth-order valence-electron chi connectivity index (χ4n) is 2.19. The predicted octanol–water partition coefficient (Wildman–Crippen LogP) is 2.83. The summed E-state index contributed by atoms with van der Waals surface area (Å²) in [6.07, 6.45) is 0. The lowest BCUT2D eigenvalue weighted by atomic mass is 10.2. The molecule has 1 atom stereocenters. The van der Waals surface area contributed by atoms with Crippen LogP contribution in [0.1, 0.15) is 11.1 Å². The van der Waals surface area contributed by atoms with E-state index in [1.807, 2.05) is 18.2 Å². The van der Waals surface area contributed by atoms with Crippen LogP contribution in [0.25, 0.3) is 0 Å². The normalized spacial score (nSPS) is 13.0. The zero-order valence-corrected chi connectivity index (χ0v) is 15.4. The molecule has 2 rings (SSSR count). The second-order valence-electron chi connectivity index (χ2n) is 4.96. The number of rotatable bonds is 7. The van der Waals surface area contributed by atoms with E-state index in [4.69, 9.17) is 14.2 Å². The molecule has 2 aromatic carbocycles. The molecule has 0 aliphatic carbocycles. The van der Waals surface area contributed by atoms with E-state index >= 15 is 0 Å². The summed E-state index contributed by atoms with van der Waals surface area (Å²) in [4.78, 5) is 0. The summed E-state index contributed by atoms with van der Waals surface area (Å²) in [5.41, 5.74) is 1.45. The minimum absolute atomic E-state index is 0.0146. The summed E-state index contributed by atoms with van der Waals surface area (Å²) in [6.45, 7) is 0. The quantitative estimate of drug-likeness (QED) is 0.703. The fraction of sp³-hybridized carbons (Fsp3) is 0.294. The molecule has 130 valence electrons. The van der Waals surface area contributed by atoms with Gasteiger partial charge in [0.2, 0.25) is 16.1 Å². The minimum atomic E-state index is -3.32. The summed E-state index contributed by atoms with van der Waals surface area (Å²) in [6, 6.07) is 12.5.